The Balaban J connectivity index is 1.65. The quantitative estimate of drug-likeness (QED) is 0.577. The lowest BCUT2D eigenvalue weighted by atomic mass is 9.96. The molecule has 3 rings (SSSR count). The van der Waals surface area contributed by atoms with Crippen molar-refractivity contribution in [3.8, 4) is 11.6 Å². The molecular formula is C23H31ClN4O2. The number of para-hydroxylation sites is 1. The Hall–Kier alpha value is -2.34. The molecule has 0 radical (unpaired) electrons. The molecule has 2 heterocycles. The fourth-order valence-electron chi connectivity index (χ4n) is 3.88. The van der Waals surface area contributed by atoms with Crippen LogP contribution in [-0.2, 0) is 4.79 Å². The summed E-state index contributed by atoms with van der Waals surface area (Å²) >= 11 is 6.18. The Morgan fingerprint density at radius 1 is 1.27 bits per heavy atom. The Labute approximate surface area is 184 Å². The molecule has 0 N–H and O–H groups in total. The van der Waals surface area contributed by atoms with Gasteiger partial charge in [0.2, 0.25) is 11.8 Å². The molecule has 0 aliphatic carbocycles. The fraction of sp³-hybridized carbons (Fsp3) is 0.522. The predicted octanol–water partition coefficient (Wildman–Crippen LogP) is 5.18. The van der Waals surface area contributed by atoms with Crippen LogP contribution < -0.4 is 9.64 Å². The molecule has 0 bridgehead atoms. The first-order chi connectivity index (χ1) is 14.5. The van der Waals surface area contributed by atoms with E-state index in [1.807, 2.05) is 23.1 Å². The number of unbranched alkanes of at least 4 members (excludes halogenated alkanes) is 1. The maximum absolute atomic E-state index is 13.0. The molecule has 1 saturated heterocycles. The number of carbonyl (C=O) groups excluding carboxylic acids is 1. The average molecular weight is 431 g/mol. The first kappa shape index (κ1) is 22.3. The van der Waals surface area contributed by atoms with Crippen molar-refractivity contribution in [1.82, 2.24) is 14.9 Å². The maximum Gasteiger partial charge on any atom is 0.226 e. The third kappa shape index (κ3) is 5.42. The van der Waals surface area contributed by atoms with E-state index in [0.717, 1.165) is 44.6 Å². The fourth-order valence-corrected chi connectivity index (χ4v) is 4.05. The minimum absolute atomic E-state index is 0.129. The molecule has 162 valence electrons. The van der Waals surface area contributed by atoms with Crippen molar-refractivity contribution in [2.75, 3.05) is 24.5 Å². The zero-order chi connectivity index (χ0) is 21.5. The minimum atomic E-state index is 0.129. The lowest BCUT2D eigenvalue weighted by molar-refractivity contribution is -0.138. The molecule has 2 atom stereocenters. The van der Waals surface area contributed by atoms with E-state index in [0.29, 0.717) is 29.1 Å². The second-order valence-electron chi connectivity index (χ2n) is 7.82. The number of aromatic nitrogens is 2. The monoisotopic (exact) mass is 430 g/mol. The van der Waals surface area contributed by atoms with Crippen LogP contribution in [0.3, 0.4) is 0 Å². The van der Waals surface area contributed by atoms with Gasteiger partial charge in [-0.25, -0.2) is 9.97 Å². The largest absolute Gasteiger partial charge is 0.437 e. The average Bonchev–Trinajstić information content (AvgIpc) is 2.76. The highest BCUT2D eigenvalue weighted by Gasteiger charge is 2.31. The summed E-state index contributed by atoms with van der Waals surface area (Å²) in [5, 5.41) is 0.534. The van der Waals surface area contributed by atoms with Crippen LogP contribution in [0.4, 0.5) is 5.82 Å². The van der Waals surface area contributed by atoms with E-state index in [-0.39, 0.29) is 12.0 Å². The van der Waals surface area contributed by atoms with Gasteiger partial charge in [0.25, 0.3) is 0 Å². The number of halogens is 1. The number of nitrogens with zero attached hydrogens (tertiary/aromatic N) is 4. The van der Waals surface area contributed by atoms with E-state index in [1.54, 1.807) is 12.1 Å². The number of carbonyl (C=O) groups is 1. The Morgan fingerprint density at radius 3 is 2.77 bits per heavy atom. The summed E-state index contributed by atoms with van der Waals surface area (Å²) in [6, 6.07) is 9.26. The van der Waals surface area contributed by atoms with Gasteiger partial charge >= 0.3 is 0 Å². The van der Waals surface area contributed by atoms with Crippen molar-refractivity contribution in [1.29, 1.82) is 0 Å². The zero-order valence-corrected chi connectivity index (χ0v) is 18.8. The van der Waals surface area contributed by atoms with Crippen molar-refractivity contribution in [3.63, 3.8) is 0 Å². The molecule has 0 spiro atoms. The third-order valence-corrected chi connectivity index (χ3v) is 5.97. The van der Waals surface area contributed by atoms with Crippen LogP contribution in [0, 0.1) is 5.92 Å². The topological polar surface area (TPSA) is 58.6 Å². The highest BCUT2D eigenvalue weighted by Crippen LogP contribution is 2.29. The van der Waals surface area contributed by atoms with E-state index in [1.165, 1.54) is 6.33 Å². The smallest absolute Gasteiger partial charge is 0.226 e. The molecule has 0 saturated carbocycles. The predicted molar refractivity (Wildman–Crippen MR) is 120 cm³/mol. The van der Waals surface area contributed by atoms with Crippen LogP contribution in [-0.4, -0.2) is 46.5 Å². The van der Waals surface area contributed by atoms with Gasteiger partial charge in [-0.15, -0.1) is 0 Å². The number of hydrogen-bond acceptors (Lipinski definition) is 5. The van der Waals surface area contributed by atoms with Crippen molar-refractivity contribution in [3.05, 3.63) is 41.7 Å². The molecule has 2 aromatic rings. The van der Waals surface area contributed by atoms with Crippen LogP contribution in [0.1, 0.15) is 46.5 Å². The summed E-state index contributed by atoms with van der Waals surface area (Å²) in [5.74, 6) is 2.23. The lowest BCUT2D eigenvalue weighted by Gasteiger charge is -2.41. The summed E-state index contributed by atoms with van der Waals surface area (Å²) in [6.45, 7) is 8.57. The third-order valence-electron chi connectivity index (χ3n) is 5.66. The van der Waals surface area contributed by atoms with Gasteiger partial charge < -0.3 is 14.5 Å². The van der Waals surface area contributed by atoms with Crippen molar-refractivity contribution in [2.45, 2.75) is 52.5 Å². The molecule has 1 aromatic carbocycles. The maximum atomic E-state index is 13.0. The summed E-state index contributed by atoms with van der Waals surface area (Å²) < 4.78 is 5.84. The second-order valence-corrected chi connectivity index (χ2v) is 8.23. The highest BCUT2D eigenvalue weighted by molar-refractivity contribution is 6.32. The highest BCUT2D eigenvalue weighted by atomic mass is 35.5. The molecular weight excluding hydrogens is 400 g/mol. The number of ether oxygens (including phenoxy) is 1. The number of rotatable bonds is 8. The van der Waals surface area contributed by atoms with E-state index in [4.69, 9.17) is 16.3 Å². The SMILES string of the molecule is CCCCC(CC)C(=O)N1CCN(c2cc(Oc3ccccc3Cl)ncn2)CC1C. The molecule has 1 fully saturated rings. The first-order valence-electron chi connectivity index (χ1n) is 10.8. The number of anilines is 1. The van der Waals surface area contributed by atoms with Crippen LogP contribution in [0.5, 0.6) is 11.6 Å². The zero-order valence-electron chi connectivity index (χ0n) is 18.1. The van der Waals surface area contributed by atoms with E-state index >= 15 is 0 Å². The molecule has 2 unspecified atom stereocenters. The number of piperazine rings is 1. The van der Waals surface area contributed by atoms with Crippen LogP contribution in [0.2, 0.25) is 5.02 Å². The number of benzene rings is 1. The lowest BCUT2D eigenvalue weighted by Crippen LogP contribution is -2.55. The van der Waals surface area contributed by atoms with Crippen molar-refractivity contribution < 1.29 is 9.53 Å². The standard InChI is InChI=1S/C23H31ClN4O2/c1-4-6-9-18(5-2)23(29)28-13-12-27(15-17(28)3)21-14-22(26-16-25-21)30-20-11-8-7-10-19(20)24/h7-8,10-11,14,16-18H,4-6,9,12-13,15H2,1-3H3. The Morgan fingerprint density at radius 2 is 2.07 bits per heavy atom. The van der Waals surface area contributed by atoms with Crippen LogP contribution in [0.25, 0.3) is 0 Å². The summed E-state index contributed by atoms with van der Waals surface area (Å²) in [4.78, 5) is 25.9. The molecule has 7 heteroatoms. The summed E-state index contributed by atoms with van der Waals surface area (Å²) in [6.07, 6.45) is 5.61. The van der Waals surface area contributed by atoms with E-state index in [9.17, 15) is 4.79 Å². The summed E-state index contributed by atoms with van der Waals surface area (Å²) in [5.41, 5.74) is 0. The van der Waals surface area contributed by atoms with Gasteiger partial charge in [-0.2, -0.15) is 0 Å². The van der Waals surface area contributed by atoms with Crippen LogP contribution in [0.15, 0.2) is 36.7 Å². The van der Waals surface area contributed by atoms with E-state index in [2.05, 4.69) is 35.6 Å². The van der Waals surface area contributed by atoms with Gasteiger partial charge in [0.1, 0.15) is 17.9 Å². The van der Waals surface area contributed by atoms with Gasteiger partial charge in [-0.3, -0.25) is 4.79 Å². The van der Waals surface area contributed by atoms with Gasteiger partial charge in [0, 0.05) is 37.7 Å². The number of amides is 1. The Bertz CT molecular complexity index is 847. The first-order valence-corrected chi connectivity index (χ1v) is 11.2. The summed E-state index contributed by atoms with van der Waals surface area (Å²) in [7, 11) is 0. The van der Waals surface area contributed by atoms with Gasteiger partial charge in [0.05, 0.1) is 5.02 Å². The normalized spacial score (nSPS) is 17.7. The molecule has 6 nitrogen and oxygen atoms in total. The van der Waals surface area contributed by atoms with Gasteiger partial charge in [0.15, 0.2) is 0 Å². The Kier molecular flexibility index (Phi) is 7.91. The van der Waals surface area contributed by atoms with Crippen molar-refractivity contribution in [2.24, 2.45) is 5.92 Å². The van der Waals surface area contributed by atoms with Crippen LogP contribution >= 0.6 is 11.6 Å². The molecule has 1 aromatic heterocycles. The molecule has 30 heavy (non-hydrogen) atoms. The molecule has 1 aliphatic heterocycles. The van der Waals surface area contributed by atoms with Crippen molar-refractivity contribution >= 4 is 23.3 Å². The molecule has 1 amide bonds. The van der Waals surface area contributed by atoms with Gasteiger partial charge in [-0.05, 0) is 31.9 Å². The van der Waals surface area contributed by atoms with Gasteiger partial charge in [-0.1, -0.05) is 50.4 Å². The minimum Gasteiger partial charge on any atom is -0.437 e. The number of hydrogen-bond donors (Lipinski definition) is 0. The van der Waals surface area contributed by atoms with E-state index < -0.39 is 0 Å². The molecule has 1 aliphatic rings. The second kappa shape index (κ2) is 10.6.